The van der Waals surface area contributed by atoms with E-state index in [1.54, 1.807) is 0 Å². The molecule has 3 nitrogen and oxygen atoms in total. The van der Waals surface area contributed by atoms with Crippen molar-refractivity contribution in [3.8, 4) is 0 Å². The van der Waals surface area contributed by atoms with E-state index >= 15 is 0 Å². The van der Waals surface area contributed by atoms with Gasteiger partial charge in [0.2, 0.25) is 5.91 Å². The Morgan fingerprint density at radius 3 is 2.41 bits per heavy atom. The molecule has 17 heavy (non-hydrogen) atoms. The zero-order valence-corrected chi connectivity index (χ0v) is 11.2. The Morgan fingerprint density at radius 2 is 1.94 bits per heavy atom. The quantitative estimate of drug-likeness (QED) is 0.795. The summed E-state index contributed by atoms with van der Waals surface area (Å²) in [5.74, 6) is 1.58. The molecule has 1 amide bonds. The minimum Gasteiger partial charge on any atom is -0.339 e. The van der Waals surface area contributed by atoms with Gasteiger partial charge in [-0.2, -0.15) is 0 Å². The Kier molecular flexibility index (Phi) is 4.43. The van der Waals surface area contributed by atoms with E-state index in [-0.39, 0.29) is 0 Å². The van der Waals surface area contributed by atoms with E-state index < -0.39 is 0 Å². The summed E-state index contributed by atoms with van der Waals surface area (Å²) in [6, 6.07) is 0.540. The molecule has 0 spiro atoms. The summed E-state index contributed by atoms with van der Waals surface area (Å²) in [4.78, 5) is 14.6. The highest BCUT2D eigenvalue weighted by Crippen LogP contribution is 2.25. The Morgan fingerprint density at radius 1 is 1.29 bits per heavy atom. The van der Waals surface area contributed by atoms with Gasteiger partial charge in [0.15, 0.2) is 0 Å². The summed E-state index contributed by atoms with van der Waals surface area (Å²) < 4.78 is 0. The van der Waals surface area contributed by atoms with Crippen LogP contribution in [-0.4, -0.2) is 36.5 Å². The molecule has 1 aliphatic carbocycles. The van der Waals surface area contributed by atoms with Gasteiger partial charge in [0.1, 0.15) is 0 Å². The van der Waals surface area contributed by atoms with Crippen molar-refractivity contribution in [3.63, 3.8) is 0 Å². The van der Waals surface area contributed by atoms with Crippen molar-refractivity contribution in [1.82, 2.24) is 10.2 Å². The average Bonchev–Trinajstić information content (AvgIpc) is 2.72. The molecule has 0 bridgehead atoms. The topological polar surface area (TPSA) is 32.3 Å². The van der Waals surface area contributed by atoms with Crippen LogP contribution in [0.3, 0.4) is 0 Å². The zero-order chi connectivity index (χ0) is 12.3. The van der Waals surface area contributed by atoms with Gasteiger partial charge in [0.05, 0.1) is 0 Å². The van der Waals surface area contributed by atoms with Gasteiger partial charge in [-0.05, 0) is 37.8 Å². The SMILES string of the molecule is CC(C)CN(C(=O)CC1CNC1)C1CCCC1. The van der Waals surface area contributed by atoms with E-state index in [0.717, 1.165) is 26.1 Å². The van der Waals surface area contributed by atoms with Gasteiger partial charge in [-0.25, -0.2) is 0 Å². The lowest BCUT2D eigenvalue weighted by Gasteiger charge is -2.34. The molecule has 2 aliphatic rings. The molecule has 0 aromatic rings. The van der Waals surface area contributed by atoms with E-state index in [1.165, 1.54) is 25.7 Å². The van der Waals surface area contributed by atoms with Crippen LogP contribution in [-0.2, 0) is 4.79 Å². The van der Waals surface area contributed by atoms with Crippen molar-refractivity contribution in [3.05, 3.63) is 0 Å². The molecular formula is C14H26N2O. The summed E-state index contributed by atoms with van der Waals surface area (Å²) in [5.41, 5.74) is 0. The Balaban J connectivity index is 1.89. The predicted octanol–water partition coefficient (Wildman–Crippen LogP) is 2.02. The highest BCUT2D eigenvalue weighted by Gasteiger charge is 2.29. The first-order chi connectivity index (χ1) is 8.16. The van der Waals surface area contributed by atoms with Gasteiger partial charge in [-0.15, -0.1) is 0 Å². The second-order valence-electron chi connectivity index (χ2n) is 6.11. The number of hydrogen-bond donors (Lipinski definition) is 1. The van der Waals surface area contributed by atoms with Crippen LogP contribution in [0.2, 0.25) is 0 Å². The lowest BCUT2D eigenvalue weighted by atomic mass is 9.97. The summed E-state index contributed by atoms with van der Waals surface area (Å²) >= 11 is 0. The van der Waals surface area contributed by atoms with E-state index in [0.29, 0.717) is 23.8 Å². The van der Waals surface area contributed by atoms with Crippen LogP contribution in [0.15, 0.2) is 0 Å². The third kappa shape index (κ3) is 3.44. The Hall–Kier alpha value is -0.570. The molecule has 1 N–H and O–H groups in total. The fourth-order valence-electron chi connectivity index (χ4n) is 2.92. The van der Waals surface area contributed by atoms with Gasteiger partial charge >= 0.3 is 0 Å². The summed E-state index contributed by atoms with van der Waals surface area (Å²) in [6.45, 7) is 7.43. The maximum atomic E-state index is 12.4. The van der Waals surface area contributed by atoms with E-state index in [4.69, 9.17) is 0 Å². The molecule has 2 fully saturated rings. The van der Waals surface area contributed by atoms with Crippen LogP contribution < -0.4 is 5.32 Å². The summed E-state index contributed by atoms with van der Waals surface area (Å²) in [5, 5.41) is 3.25. The maximum Gasteiger partial charge on any atom is 0.223 e. The predicted molar refractivity (Wildman–Crippen MR) is 69.8 cm³/mol. The zero-order valence-electron chi connectivity index (χ0n) is 11.2. The molecule has 2 rings (SSSR count). The number of hydrogen-bond acceptors (Lipinski definition) is 2. The van der Waals surface area contributed by atoms with Crippen LogP contribution in [0.4, 0.5) is 0 Å². The summed E-state index contributed by atoms with van der Waals surface area (Å²) in [6.07, 6.45) is 5.81. The lowest BCUT2D eigenvalue weighted by Crippen LogP contribution is -2.47. The number of carbonyl (C=O) groups is 1. The van der Waals surface area contributed by atoms with Crippen LogP contribution in [0.5, 0.6) is 0 Å². The first-order valence-corrected chi connectivity index (χ1v) is 7.17. The molecule has 0 unspecified atom stereocenters. The van der Waals surface area contributed by atoms with Crippen LogP contribution in [0.1, 0.15) is 46.0 Å². The molecule has 1 aliphatic heterocycles. The first kappa shape index (κ1) is 12.9. The molecule has 3 heteroatoms. The monoisotopic (exact) mass is 238 g/mol. The molecule has 1 heterocycles. The first-order valence-electron chi connectivity index (χ1n) is 7.17. The van der Waals surface area contributed by atoms with Crippen molar-refractivity contribution in [2.45, 2.75) is 52.0 Å². The molecular weight excluding hydrogens is 212 g/mol. The van der Waals surface area contributed by atoms with Gasteiger partial charge in [0, 0.05) is 19.0 Å². The van der Waals surface area contributed by atoms with Crippen LogP contribution >= 0.6 is 0 Å². The number of nitrogens with one attached hydrogen (secondary N) is 1. The third-order valence-corrected chi connectivity index (χ3v) is 3.98. The molecule has 0 radical (unpaired) electrons. The maximum absolute atomic E-state index is 12.4. The molecule has 1 saturated heterocycles. The largest absolute Gasteiger partial charge is 0.339 e. The summed E-state index contributed by atoms with van der Waals surface area (Å²) in [7, 11) is 0. The Bertz CT molecular complexity index is 255. The van der Waals surface area contributed by atoms with Gasteiger partial charge in [0.25, 0.3) is 0 Å². The van der Waals surface area contributed by atoms with Gasteiger partial charge in [-0.1, -0.05) is 26.7 Å². The number of rotatable bonds is 5. The number of nitrogens with zero attached hydrogens (tertiary/aromatic N) is 1. The van der Waals surface area contributed by atoms with Crippen molar-refractivity contribution < 1.29 is 4.79 Å². The fourth-order valence-corrected chi connectivity index (χ4v) is 2.92. The van der Waals surface area contributed by atoms with Crippen LogP contribution in [0.25, 0.3) is 0 Å². The second-order valence-corrected chi connectivity index (χ2v) is 6.11. The number of carbonyl (C=O) groups excluding carboxylic acids is 1. The minimum absolute atomic E-state index is 0.400. The molecule has 1 saturated carbocycles. The molecule has 0 aromatic carbocycles. The standard InChI is InChI=1S/C14H26N2O/c1-11(2)10-16(13-5-3-4-6-13)14(17)7-12-8-15-9-12/h11-13,15H,3-10H2,1-2H3. The minimum atomic E-state index is 0.400. The highest BCUT2D eigenvalue weighted by atomic mass is 16.2. The third-order valence-electron chi connectivity index (χ3n) is 3.98. The van der Waals surface area contributed by atoms with Crippen LogP contribution in [0, 0.1) is 11.8 Å². The lowest BCUT2D eigenvalue weighted by molar-refractivity contribution is -0.135. The molecule has 0 aromatic heterocycles. The van der Waals surface area contributed by atoms with Crippen molar-refractivity contribution in [1.29, 1.82) is 0 Å². The van der Waals surface area contributed by atoms with Crippen molar-refractivity contribution in [2.75, 3.05) is 19.6 Å². The Labute approximate surface area is 105 Å². The normalized spacial score (nSPS) is 21.8. The fraction of sp³-hybridized carbons (Fsp3) is 0.929. The van der Waals surface area contributed by atoms with Crippen molar-refractivity contribution in [2.24, 2.45) is 11.8 Å². The smallest absolute Gasteiger partial charge is 0.223 e. The van der Waals surface area contributed by atoms with E-state index in [1.807, 2.05) is 0 Å². The number of amides is 1. The van der Waals surface area contributed by atoms with Gasteiger partial charge in [-0.3, -0.25) is 4.79 Å². The van der Waals surface area contributed by atoms with Crippen molar-refractivity contribution >= 4 is 5.91 Å². The highest BCUT2D eigenvalue weighted by molar-refractivity contribution is 5.77. The van der Waals surface area contributed by atoms with E-state index in [9.17, 15) is 4.79 Å². The average molecular weight is 238 g/mol. The molecule has 0 atom stereocenters. The van der Waals surface area contributed by atoms with E-state index in [2.05, 4.69) is 24.1 Å². The second kappa shape index (κ2) is 5.85. The van der Waals surface area contributed by atoms with Gasteiger partial charge < -0.3 is 10.2 Å². The molecule has 98 valence electrons.